The van der Waals surface area contributed by atoms with Crippen molar-refractivity contribution >= 4 is 40.5 Å². The van der Waals surface area contributed by atoms with Crippen LogP contribution < -0.4 is 20.1 Å². The number of carbonyl (C=O) groups excluding carboxylic acids is 2. The van der Waals surface area contributed by atoms with Gasteiger partial charge in [-0.05, 0) is 61.0 Å². The Morgan fingerprint density at radius 1 is 1.21 bits per heavy atom. The number of nitrogens with one attached hydrogen (secondary N) is 3. The lowest BCUT2D eigenvalue weighted by Crippen LogP contribution is -2.20. The Hall–Kier alpha value is -3.26. The number of para-hydroxylation sites is 1. The number of rotatable bonds is 7. The van der Waals surface area contributed by atoms with Gasteiger partial charge in [0.15, 0.2) is 23.3 Å². The highest BCUT2D eigenvalue weighted by Crippen LogP contribution is 2.31. The first-order valence-electron chi connectivity index (χ1n) is 9.01. The first kappa shape index (κ1) is 20.5. The standard InChI is InChI=1S/C21H21N3O4S/c1-3-27-17-10-14(11-18-20(26)24-21(22)29-18)8-9-16(17)28-12-19(25)23-15-7-5-4-6-13(15)2/h4-11H,3,12H2,1-2H3,(H,23,25)(H2,22,24,26)/b18-11-. The summed E-state index contributed by atoms with van der Waals surface area (Å²) in [5.74, 6) is 0.339. The summed E-state index contributed by atoms with van der Waals surface area (Å²) in [5.41, 5.74) is 2.44. The maximum Gasteiger partial charge on any atom is 0.264 e. The molecule has 0 aliphatic carbocycles. The highest BCUT2D eigenvalue weighted by atomic mass is 32.2. The summed E-state index contributed by atoms with van der Waals surface area (Å²) >= 11 is 1.07. The average molecular weight is 411 g/mol. The van der Waals surface area contributed by atoms with Crippen molar-refractivity contribution in [2.45, 2.75) is 13.8 Å². The van der Waals surface area contributed by atoms with Crippen LogP contribution >= 0.6 is 11.8 Å². The lowest BCUT2D eigenvalue weighted by atomic mass is 10.2. The number of aryl methyl sites for hydroxylation is 1. The Bertz CT molecular complexity index is 988. The van der Waals surface area contributed by atoms with E-state index in [0.29, 0.717) is 23.0 Å². The van der Waals surface area contributed by atoms with Gasteiger partial charge in [-0.3, -0.25) is 15.0 Å². The molecule has 0 bridgehead atoms. The quantitative estimate of drug-likeness (QED) is 0.605. The van der Waals surface area contributed by atoms with E-state index in [0.717, 1.165) is 28.6 Å². The van der Waals surface area contributed by atoms with Gasteiger partial charge in [-0.25, -0.2) is 0 Å². The van der Waals surface area contributed by atoms with Crippen LogP contribution in [0.1, 0.15) is 18.1 Å². The number of benzene rings is 2. The molecule has 0 unspecified atom stereocenters. The third-order valence-electron chi connectivity index (χ3n) is 4.01. The van der Waals surface area contributed by atoms with E-state index >= 15 is 0 Å². The van der Waals surface area contributed by atoms with Gasteiger partial charge in [0.25, 0.3) is 11.8 Å². The van der Waals surface area contributed by atoms with Crippen molar-refractivity contribution in [3.63, 3.8) is 0 Å². The van der Waals surface area contributed by atoms with Crippen molar-refractivity contribution in [2.75, 3.05) is 18.5 Å². The third kappa shape index (κ3) is 5.39. The molecule has 1 fully saturated rings. The molecule has 0 saturated carbocycles. The van der Waals surface area contributed by atoms with E-state index in [1.807, 2.05) is 38.1 Å². The number of hydrogen-bond acceptors (Lipinski definition) is 6. The Morgan fingerprint density at radius 2 is 2.00 bits per heavy atom. The largest absolute Gasteiger partial charge is 0.490 e. The summed E-state index contributed by atoms with van der Waals surface area (Å²) in [6, 6.07) is 12.7. The van der Waals surface area contributed by atoms with Crippen LogP contribution in [0.3, 0.4) is 0 Å². The van der Waals surface area contributed by atoms with Gasteiger partial charge in [0.2, 0.25) is 0 Å². The van der Waals surface area contributed by atoms with Gasteiger partial charge in [-0.2, -0.15) is 0 Å². The van der Waals surface area contributed by atoms with Gasteiger partial charge in [-0.1, -0.05) is 24.3 Å². The van der Waals surface area contributed by atoms with E-state index in [4.69, 9.17) is 14.9 Å². The molecule has 0 aromatic heterocycles. The fourth-order valence-electron chi connectivity index (χ4n) is 2.64. The molecule has 1 aliphatic heterocycles. The summed E-state index contributed by atoms with van der Waals surface area (Å²) < 4.78 is 11.3. The molecule has 150 valence electrons. The zero-order chi connectivity index (χ0) is 20.8. The summed E-state index contributed by atoms with van der Waals surface area (Å²) in [4.78, 5) is 24.4. The second-order valence-electron chi connectivity index (χ2n) is 6.18. The molecule has 0 spiro atoms. The predicted octanol–water partition coefficient (Wildman–Crippen LogP) is 3.55. The highest BCUT2D eigenvalue weighted by molar-refractivity contribution is 8.18. The molecular formula is C21H21N3O4S. The molecular weight excluding hydrogens is 390 g/mol. The van der Waals surface area contributed by atoms with E-state index in [-0.39, 0.29) is 23.6 Å². The smallest absolute Gasteiger partial charge is 0.264 e. The zero-order valence-electron chi connectivity index (χ0n) is 16.1. The maximum atomic E-state index is 12.2. The molecule has 29 heavy (non-hydrogen) atoms. The van der Waals surface area contributed by atoms with Crippen LogP contribution in [-0.2, 0) is 9.59 Å². The number of thioether (sulfide) groups is 1. The molecule has 2 amide bonds. The van der Waals surface area contributed by atoms with Crippen molar-refractivity contribution < 1.29 is 19.1 Å². The minimum Gasteiger partial charge on any atom is -0.490 e. The van der Waals surface area contributed by atoms with Crippen LogP contribution in [0.15, 0.2) is 47.4 Å². The van der Waals surface area contributed by atoms with Crippen molar-refractivity contribution in [3.8, 4) is 11.5 Å². The molecule has 1 heterocycles. The number of ether oxygens (including phenoxy) is 2. The molecule has 2 aromatic rings. The van der Waals surface area contributed by atoms with E-state index in [1.54, 1.807) is 24.3 Å². The number of amidine groups is 1. The summed E-state index contributed by atoms with van der Waals surface area (Å²) in [7, 11) is 0. The molecule has 3 rings (SSSR count). The Morgan fingerprint density at radius 3 is 2.69 bits per heavy atom. The van der Waals surface area contributed by atoms with Crippen LogP contribution in [0, 0.1) is 12.3 Å². The van der Waals surface area contributed by atoms with E-state index in [9.17, 15) is 9.59 Å². The molecule has 0 atom stereocenters. The molecule has 7 nitrogen and oxygen atoms in total. The second kappa shape index (κ2) is 9.29. The maximum absolute atomic E-state index is 12.2. The molecule has 8 heteroatoms. The lowest BCUT2D eigenvalue weighted by molar-refractivity contribution is -0.118. The number of amides is 2. The second-order valence-corrected chi connectivity index (χ2v) is 7.24. The first-order chi connectivity index (χ1) is 14.0. The van der Waals surface area contributed by atoms with Crippen LogP contribution in [0.25, 0.3) is 6.08 Å². The molecule has 0 radical (unpaired) electrons. The number of hydrogen-bond donors (Lipinski definition) is 3. The Balaban J connectivity index is 1.69. The topological polar surface area (TPSA) is 101 Å². The van der Waals surface area contributed by atoms with Crippen LogP contribution in [0.4, 0.5) is 5.69 Å². The third-order valence-corrected chi connectivity index (χ3v) is 4.84. The molecule has 1 aliphatic rings. The SMILES string of the molecule is CCOc1cc(/C=C2\SC(=N)NC2=O)ccc1OCC(=O)Nc1ccccc1C. The first-order valence-corrected chi connectivity index (χ1v) is 9.82. The molecule has 2 aromatic carbocycles. The zero-order valence-corrected chi connectivity index (χ0v) is 16.9. The van der Waals surface area contributed by atoms with Gasteiger partial charge < -0.3 is 20.1 Å². The summed E-state index contributed by atoms with van der Waals surface area (Å²) in [6.07, 6.45) is 1.68. The average Bonchev–Trinajstić information content (AvgIpc) is 3.00. The van der Waals surface area contributed by atoms with Gasteiger partial charge >= 0.3 is 0 Å². The molecule has 3 N–H and O–H groups in total. The molecule has 1 saturated heterocycles. The van der Waals surface area contributed by atoms with Gasteiger partial charge in [0, 0.05) is 5.69 Å². The van der Waals surface area contributed by atoms with Gasteiger partial charge in [0.05, 0.1) is 11.5 Å². The monoisotopic (exact) mass is 411 g/mol. The number of anilines is 1. The lowest BCUT2D eigenvalue weighted by Gasteiger charge is -2.13. The predicted molar refractivity (Wildman–Crippen MR) is 114 cm³/mol. The Kier molecular flexibility index (Phi) is 6.56. The van der Waals surface area contributed by atoms with Crippen molar-refractivity contribution in [1.29, 1.82) is 5.41 Å². The van der Waals surface area contributed by atoms with Crippen molar-refractivity contribution in [1.82, 2.24) is 5.32 Å². The van der Waals surface area contributed by atoms with E-state index in [2.05, 4.69) is 10.6 Å². The summed E-state index contributed by atoms with van der Waals surface area (Å²) in [6.45, 7) is 4.03. The fraction of sp³-hybridized carbons (Fsp3) is 0.190. The van der Waals surface area contributed by atoms with E-state index < -0.39 is 0 Å². The van der Waals surface area contributed by atoms with Gasteiger partial charge in [0.1, 0.15) is 0 Å². The highest BCUT2D eigenvalue weighted by Gasteiger charge is 2.22. The fourth-order valence-corrected chi connectivity index (χ4v) is 3.34. The van der Waals surface area contributed by atoms with Crippen molar-refractivity contribution in [2.24, 2.45) is 0 Å². The normalized spacial score (nSPS) is 14.6. The minimum absolute atomic E-state index is 0.103. The number of carbonyl (C=O) groups is 2. The van der Waals surface area contributed by atoms with Crippen LogP contribution in [-0.4, -0.2) is 30.2 Å². The Labute approximate surface area is 173 Å². The van der Waals surface area contributed by atoms with Gasteiger partial charge in [-0.15, -0.1) is 0 Å². The van der Waals surface area contributed by atoms with E-state index in [1.165, 1.54) is 0 Å². The van der Waals surface area contributed by atoms with Crippen LogP contribution in [0.5, 0.6) is 11.5 Å². The van der Waals surface area contributed by atoms with Crippen LogP contribution in [0.2, 0.25) is 0 Å². The summed E-state index contributed by atoms with van der Waals surface area (Å²) in [5, 5.41) is 12.9. The van der Waals surface area contributed by atoms with Crippen molar-refractivity contribution in [3.05, 3.63) is 58.5 Å². The minimum atomic E-state index is -0.300.